The summed E-state index contributed by atoms with van der Waals surface area (Å²) in [6, 6.07) is 20.2. The van der Waals surface area contributed by atoms with Crippen molar-refractivity contribution in [3.63, 3.8) is 0 Å². The van der Waals surface area contributed by atoms with E-state index in [4.69, 9.17) is 24.3 Å². The van der Waals surface area contributed by atoms with Crippen LogP contribution in [0.15, 0.2) is 71.7 Å². The van der Waals surface area contributed by atoms with E-state index in [2.05, 4.69) is 0 Å². The fourth-order valence-electron chi connectivity index (χ4n) is 4.20. The number of hydrogen-bond acceptors (Lipinski definition) is 6. The van der Waals surface area contributed by atoms with Gasteiger partial charge >= 0.3 is 0 Å². The molecule has 0 amide bonds. The van der Waals surface area contributed by atoms with Crippen LogP contribution in [0.3, 0.4) is 0 Å². The third kappa shape index (κ3) is 4.14. The molecule has 1 aliphatic heterocycles. The van der Waals surface area contributed by atoms with Crippen molar-refractivity contribution >= 4 is 22.6 Å². The van der Waals surface area contributed by atoms with Crippen molar-refractivity contribution in [3.8, 4) is 22.9 Å². The van der Waals surface area contributed by atoms with Crippen LogP contribution < -0.4 is 14.2 Å². The third-order valence-corrected chi connectivity index (χ3v) is 7.16. The Morgan fingerprint density at radius 1 is 0.886 bits per heavy atom. The third-order valence-electron chi connectivity index (χ3n) is 5.86. The van der Waals surface area contributed by atoms with E-state index in [0.29, 0.717) is 23.1 Å². The second-order valence-corrected chi connectivity index (χ2v) is 9.04. The molecule has 8 heteroatoms. The molecule has 2 heterocycles. The van der Waals surface area contributed by atoms with Gasteiger partial charge in [0.1, 0.15) is 10.9 Å². The average Bonchev–Trinajstić information content (AvgIpc) is 3.24. The molecule has 4 aromatic rings. The van der Waals surface area contributed by atoms with Crippen LogP contribution in [0.2, 0.25) is 0 Å². The number of aryl methyl sites for hydroxylation is 1. The maximum absolute atomic E-state index is 13.6. The molecule has 0 bridgehead atoms. The molecule has 0 spiro atoms. The van der Waals surface area contributed by atoms with E-state index in [1.165, 1.54) is 12.1 Å². The van der Waals surface area contributed by atoms with Gasteiger partial charge < -0.3 is 14.2 Å². The molecule has 0 saturated carbocycles. The molecule has 0 saturated heterocycles. The maximum Gasteiger partial charge on any atom is 0.203 e. The van der Waals surface area contributed by atoms with E-state index >= 15 is 0 Å². The Morgan fingerprint density at radius 2 is 1.54 bits per heavy atom. The summed E-state index contributed by atoms with van der Waals surface area (Å²) < 4.78 is 32.2. The van der Waals surface area contributed by atoms with Gasteiger partial charge in [-0.3, -0.25) is 0 Å². The first-order chi connectivity index (χ1) is 17.0. The van der Waals surface area contributed by atoms with Gasteiger partial charge in [0.2, 0.25) is 5.75 Å². The van der Waals surface area contributed by atoms with Crippen molar-refractivity contribution in [3.05, 3.63) is 94.9 Å². The lowest BCUT2D eigenvalue weighted by molar-refractivity contribution is 0.324. The van der Waals surface area contributed by atoms with Crippen LogP contribution in [-0.4, -0.2) is 36.2 Å². The first-order valence-electron chi connectivity index (χ1n) is 11.0. The number of aromatic nitrogens is 2. The van der Waals surface area contributed by atoms with Crippen molar-refractivity contribution in [2.45, 2.75) is 12.2 Å². The number of nitrogens with zero attached hydrogens (tertiary/aromatic N) is 3. The zero-order valence-corrected chi connectivity index (χ0v) is 20.6. The lowest BCUT2D eigenvalue weighted by Gasteiger charge is -2.25. The predicted molar refractivity (Wildman–Crippen MR) is 136 cm³/mol. The van der Waals surface area contributed by atoms with Crippen LogP contribution in [0.4, 0.5) is 10.2 Å². The lowest BCUT2D eigenvalue weighted by atomic mass is 10.0. The second-order valence-electron chi connectivity index (χ2n) is 7.95. The Hall–Kier alpha value is -3.78. The molecule has 0 radical (unpaired) electrons. The number of ether oxygens (including phenoxy) is 3. The monoisotopic (exact) mass is 489 g/mol. The number of thioether (sulfide) groups is 1. The van der Waals surface area contributed by atoms with E-state index in [1.807, 2.05) is 49.4 Å². The molecule has 6 nitrogen and oxygen atoms in total. The standard InChI is InChI=1S/C27H24FN3O3S/c1-16-23-25(18-14-21(32-2)24(34-4)22(15-18)33-3)35-27(17-8-6-5-7-9-17)29-26(23)31(30-16)20-12-10-19(28)11-13-20/h5-15,25H,1-4H3. The molecule has 1 aliphatic rings. The van der Waals surface area contributed by atoms with Gasteiger partial charge in [0.05, 0.1) is 38.0 Å². The molecule has 0 N–H and O–H groups in total. The summed E-state index contributed by atoms with van der Waals surface area (Å²) in [6.45, 7) is 1.97. The molecule has 5 rings (SSSR count). The minimum absolute atomic E-state index is 0.138. The van der Waals surface area contributed by atoms with Crippen molar-refractivity contribution < 1.29 is 18.6 Å². The van der Waals surface area contributed by atoms with E-state index in [9.17, 15) is 4.39 Å². The Morgan fingerprint density at radius 3 is 2.14 bits per heavy atom. The van der Waals surface area contributed by atoms with Gasteiger partial charge in [-0.1, -0.05) is 42.1 Å². The highest BCUT2D eigenvalue weighted by molar-refractivity contribution is 8.14. The molecule has 178 valence electrons. The smallest absolute Gasteiger partial charge is 0.203 e. The highest BCUT2D eigenvalue weighted by atomic mass is 32.2. The van der Waals surface area contributed by atoms with Gasteiger partial charge in [0.25, 0.3) is 0 Å². The highest BCUT2D eigenvalue weighted by Gasteiger charge is 2.33. The number of methoxy groups -OCH3 is 3. The fraction of sp³-hybridized carbons (Fsp3) is 0.185. The number of fused-ring (bicyclic) bond motifs is 1. The van der Waals surface area contributed by atoms with Crippen LogP contribution in [-0.2, 0) is 0 Å². The van der Waals surface area contributed by atoms with Gasteiger partial charge in [0.15, 0.2) is 17.3 Å². The summed E-state index contributed by atoms with van der Waals surface area (Å²) in [5, 5.41) is 5.52. The van der Waals surface area contributed by atoms with E-state index in [1.54, 1.807) is 49.9 Å². The minimum Gasteiger partial charge on any atom is -0.493 e. The summed E-state index contributed by atoms with van der Waals surface area (Å²) in [5.74, 6) is 2.11. The Labute approximate surface area is 207 Å². The largest absolute Gasteiger partial charge is 0.493 e. The van der Waals surface area contributed by atoms with Gasteiger partial charge in [-0.2, -0.15) is 5.10 Å². The van der Waals surface area contributed by atoms with Gasteiger partial charge in [-0.05, 0) is 48.9 Å². The van der Waals surface area contributed by atoms with E-state index < -0.39 is 0 Å². The molecule has 35 heavy (non-hydrogen) atoms. The Bertz CT molecular complexity index is 1380. The van der Waals surface area contributed by atoms with Gasteiger partial charge in [0, 0.05) is 11.1 Å². The maximum atomic E-state index is 13.6. The van der Waals surface area contributed by atoms with Crippen LogP contribution in [0.5, 0.6) is 17.2 Å². The predicted octanol–water partition coefficient (Wildman–Crippen LogP) is 6.26. The highest BCUT2D eigenvalue weighted by Crippen LogP contribution is 2.51. The zero-order chi connectivity index (χ0) is 24.5. The molecule has 0 aliphatic carbocycles. The molecule has 1 aromatic heterocycles. The fourth-order valence-corrected chi connectivity index (χ4v) is 5.50. The molecule has 0 fully saturated rings. The molecule has 1 unspecified atom stereocenters. The van der Waals surface area contributed by atoms with Crippen LogP contribution >= 0.6 is 11.8 Å². The second kappa shape index (κ2) is 9.46. The normalized spacial score (nSPS) is 14.8. The van der Waals surface area contributed by atoms with Crippen LogP contribution in [0.1, 0.15) is 27.6 Å². The molecule has 3 aromatic carbocycles. The quantitative estimate of drug-likeness (QED) is 0.320. The van der Waals surface area contributed by atoms with E-state index in [0.717, 1.165) is 33.1 Å². The summed E-state index contributed by atoms with van der Waals surface area (Å²) in [5.41, 5.74) is 4.53. The number of rotatable bonds is 6. The topological polar surface area (TPSA) is 57.9 Å². The average molecular weight is 490 g/mol. The molecular formula is C27H24FN3O3S. The number of benzene rings is 3. The summed E-state index contributed by atoms with van der Waals surface area (Å²) in [6.07, 6.45) is 0. The Balaban J connectivity index is 1.73. The van der Waals surface area contributed by atoms with Crippen molar-refractivity contribution in [2.75, 3.05) is 21.3 Å². The number of hydrogen-bond donors (Lipinski definition) is 0. The molecular weight excluding hydrogens is 465 g/mol. The first kappa shape index (κ1) is 23.0. The van der Waals surface area contributed by atoms with Crippen molar-refractivity contribution in [1.82, 2.24) is 9.78 Å². The number of halogens is 1. The van der Waals surface area contributed by atoms with Crippen molar-refractivity contribution in [2.24, 2.45) is 4.99 Å². The minimum atomic E-state index is -0.300. The van der Waals surface area contributed by atoms with Crippen LogP contribution in [0, 0.1) is 12.7 Å². The first-order valence-corrected chi connectivity index (χ1v) is 11.9. The lowest BCUT2D eigenvalue weighted by Crippen LogP contribution is -2.10. The van der Waals surface area contributed by atoms with Crippen molar-refractivity contribution in [1.29, 1.82) is 0 Å². The van der Waals surface area contributed by atoms with Gasteiger partial charge in [-0.15, -0.1) is 0 Å². The summed E-state index contributed by atoms with van der Waals surface area (Å²) in [7, 11) is 4.80. The summed E-state index contributed by atoms with van der Waals surface area (Å²) >= 11 is 1.64. The van der Waals surface area contributed by atoms with Gasteiger partial charge in [-0.25, -0.2) is 14.1 Å². The SMILES string of the molecule is COc1cc(C2SC(c3ccccc3)=Nc3c2c(C)nn3-c2ccc(F)cc2)cc(OC)c1OC. The number of aliphatic imine (C=N–C) groups is 1. The zero-order valence-electron chi connectivity index (χ0n) is 19.8. The molecule has 1 atom stereocenters. The summed E-state index contributed by atoms with van der Waals surface area (Å²) in [4.78, 5) is 5.03. The Kier molecular flexibility index (Phi) is 6.21. The van der Waals surface area contributed by atoms with Crippen LogP contribution in [0.25, 0.3) is 5.69 Å². The van der Waals surface area contributed by atoms with E-state index in [-0.39, 0.29) is 11.1 Å².